The van der Waals surface area contributed by atoms with E-state index in [9.17, 15) is 4.79 Å². The number of hydrogen-bond donors (Lipinski definition) is 2. The summed E-state index contributed by atoms with van der Waals surface area (Å²) < 4.78 is 5.45. The van der Waals surface area contributed by atoms with Crippen LogP contribution in [-0.2, 0) is 11.3 Å². The molecule has 2 aliphatic rings. The number of unbranched alkanes of at least 4 members (excludes halogenated alkanes) is 1. The zero-order valence-electron chi connectivity index (χ0n) is 21.6. The number of carbonyl (C=O) groups is 1. The van der Waals surface area contributed by atoms with Gasteiger partial charge < -0.3 is 20.3 Å². The van der Waals surface area contributed by atoms with E-state index in [1.54, 1.807) is 0 Å². The van der Waals surface area contributed by atoms with Crippen LogP contribution >= 0.6 is 0 Å². The summed E-state index contributed by atoms with van der Waals surface area (Å²) in [6.07, 6.45) is 9.55. The van der Waals surface area contributed by atoms with Crippen LogP contribution in [0, 0.1) is 0 Å². The molecule has 0 saturated heterocycles. The molecule has 0 atom stereocenters. The first kappa shape index (κ1) is 25.0. The maximum atomic E-state index is 12.2. The zero-order valence-corrected chi connectivity index (χ0v) is 21.6. The number of nitrogens with one attached hydrogen (secondary N) is 2. The number of nitrogens with zero attached hydrogens (tertiary/aromatic N) is 3. The highest BCUT2D eigenvalue weighted by atomic mass is 16.6. The Kier molecular flexibility index (Phi) is 7.63. The van der Waals surface area contributed by atoms with Crippen molar-refractivity contribution in [2.24, 2.45) is 0 Å². The average Bonchev–Trinajstić information content (AvgIpc) is 2.82. The fraction of sp³-hybridized carbons (Fsp3) is 0.536. The van der Waals surface area contributed by atoms with E-state index in [0.717, 1.165) is 68.6 Å². The lowest BCUT2D eigenvalue weighted by Gasteiger charge is -2.41. The number of alkyl carbamates (subject to hydrolysis) is 1. The van der Waals surface area contributed by atoms with Crippen LogP contribution in [0.4, 0.5) is 16.6 Å². The number of ether oxygens (including phenoxy) is 1. The highest BCUT2D eigenvalue weighted by Crippen LogP contribution is 2.41. The maximum absolute atomic E-state index is 12.2. The van der Waals surface area contributed by atoms with E-state index in [0.29, 0.717) is 12.0 Å². The molecule has 188 valence electrons. The molecular formula is C28H39N5O2. The summed E-state index contributed by atoms with van der Waals surface area (Å²) in [4.78, 5) is 24.3. The molecule has 1 aliphatic carbocycles. The van der Waals surface area contributed by atoms with Crippen molar-refractivity contribution in [1.82, 2.24) is 15.3 Å². The average molecular weight is 478 g/mol. The Morgan fingerprint density at radius 1 is 1.23 bits per heavy atom. The van der Waals surface area contributed by atoms with Gasteiger partial charge in [0.2, 0.25) is 5.95 Å². The first-order valence-electron chi connectivity index (χ1n) is 12.9. The standard InChI is InChI=1S/C28H39N5O2/c1-6-8-15-29-26-30-17-24-23-14-9-19(7-2)16-20(23)18-33(25(24)32-26)22-12-10-21(11-13-22)31-27(34)35-28(3,4)5/h7,9,14,16-17,21-22H,2,6,8,10-13,15,18H2,1,3-5H3,(H,31,34)(H,29,30,32)/t21-,22-. The molecule has 7 nitrogen and oxygen atoms in total. The molecule has 1 amide bonds. The van der Waals surface area contributed by atoms with E-state index in [1.165, 1.54) is 11.1 Å². The fourth-order valence-corrected chi connectivity index (χ4v) is 4.94. The molecule has 4 rings (SSSR count). The molecule has 1 aromatic carbocycles. The Labute approximate surface area is 209 Å². The van der Waals surface area contributed by atoms with E-state index in [1.807, 2.05) is 33.0 Å². The minimum atomic E-state index is -0.487. The predicted octanol–water partition coefficient (Wildman–Crippen LogP) is 6.15. The van der Waals surface area contributed by atoms with Crippen LogP contribution in [0.5, 0.6) is 0 Å². The molecule has 2 aromatic rings. The van der Waals surface area contributed by atoms with Gasteiger partial charge in [0.1, 0.15) is 11.4 Å². The maximum Gasteiger partial charge on any atom is 0.407 e. The Morgan fingerprint density at radius 2 is 2.00 bits per heavy atom. The van der Waals surface area contributed by atoms with Gasteiger partial charge in [-0.2, -0.15) is 4.98 Å². The third kappa shape index (κ3) is 6.13. The lowest BCUT2D eigenvalue weighted by atomic mass is 9.87. The van der Waals surface area contributed by atoms with Crippen molar-refractivity contribution in [3.63, 3.8) is 0 Å². The number of aromatic nitrogens is 2. The highest BCUT2D eigenvalue weighted by molar-refractivity contribution is 5.82. The van der Waals surface area contributed by atoms with E-state index in [2.05, 4.69) is 52.2 Å². The van der Waals surface area contributed by atoms with Gasteiger partial charge in [0.25, 0.3) is 0 Å². The third-order valence-electron chi connectivity index (χ3n) is 6.71. The SMILES string of the molecule is C=Cc1ccc2c(c1)CN([C@H]1CC[C@H](NC(=O)OC(C)(C)C)CC1)c1nc(NCCCC)ncc1-2. The van der Waals surface area contributed by atoms with Gasteiger partial charge >= 0.3 is 6.09 Å². The molecular weight excluding hydrogens is 438 g/mol. The molecule has 1 fully saturated rings. The third-order valence-corrected chi connectivity index (χ3v) is 6.71. The fourth-order valence-electron chi connectivity index (χ4n) is 4.94. The molecule has 2 heterocycles. The van der Waals surface area contributed by atoms with Crippen LogP contribution in [0.2, 0.25) is 0 Å². The van der Waals surface area contributed by atoms with E-state index < -0.39 is 5.60 Å². The largest absolute Gasteiger partial charge is 0.444 e. The molecule has 2 N–H and O–H groups in total. The predicted molar refractivity (Wildman–Crippen MR) is 143 cm³/mol. The molecule has 7 heteroatoms. The summed E-state index contributed by atoms with van der Waals surface area (Å²) in [5, 5.41) is 6.45. The van der Waals surface area contributed by atoms with Crippen LogP contribution in [-0.4, -0.2) is 40.3 Å². The van der Waals surface area contributed by atoms with Gasteiger partial charge in [-0.05, 0) is 75.6 Å². The smallest absolute Gasteiger partial charge is 0.407 e. The summed E-state index contributed by atoms with van der Waals surface area (Å²) in [6, 6.07) is 6.98. The molecule has 0 unspecified atom stereocenters. The zero-order chi connectivity index (χ0) is 25.0. The quantitative estimate of drug-likeness (QED) is 0.465. The van der Waals surface area contributed by atoms with Gasteiger partial charge in [0.15, 0.2) is 0 Å². The number of carbonyl (C=O) groups excluding carboxylic acids is 1. The molecule has 1 saturated carbocycles. The Balaban J connectivity index is 1.53. The van der Waals surface area contributed by atoms with E-state index >= 15 is 0 Å². The summed E-state index contributed by atoms with van der Waals surface area (Å²) in [7, 11) is 0. The minimum Gasteiger partial charge on any atom is -0.444 e. The summed E-state index contributed by atoms with van der Waals surface area (Å²) >= 11 is 0. The first-order chi connectivity index (χ1) is 16.8. The highest BCUT2D eigenvalue weighted by Gasteiger charge is 2.33. The summed E-state index contributed by atoms with van der Waals surface area (Å²) in [5.74, 6) is 1.69. The number of rotatable bonds is 7. The number of fused-ring (bicyclic) bond motifs is 3. The monoisotopic (exact) mass is 477 g/mol. The minimum absolute atomic E-state index is 0.140. The number of amides is 1. The second-order valence-electron chi connectivity index (χ2n) is 10.6. The Bertz CT molecular complexity index is 1050. The number of hydrogen-bond acceptors (Lipinski definition) is 6. The van der Waals surface area contributed by atoms with E-state index in [-0.39, 0.29) is 12.1 Å². The molecule has 1 aromatic heterocycles. The molecule has 0 bridgehead atoms. The van der Waals surface area contributed by atoms with Gasteiger partial charge in [-0.25, -0.2) is 9.78 Å². The lowest BCUT2D eigenvalue weighted by molar-refractivity contribution is 0.0491. The second kappa shape index (κ2) is 10.7. The lowest BCUT2D eigenvalue weighted by Crippen LogP contribution is -2.46. The first-order valence-corrected chi connectivity index (χ1v) is 12.9. The number of benzene rings is 1. The van der Waals surface area contributed by atoms with Crippen molar-refractivity contribution in [3.05, 3.63) is 42.1 Å². The second-order valence-corrected chi connectivity index (χ2v) is 10.6. The molecule has 35 heavy (non-hydrogen) atoms. The van der Waals surface area contributed by atoms with Gasteiger partial charge in [-0.15, -0.1) is 0 Å². The van der Waals surface area contributed by atoms with Crippen molar-refractivity contribution < 1.29 is 9.53 Å². The molecule has 1 aliphatic heterocycles. The number of anilines is 2. The van der Waals surface area contributed by atoms with Gasteiger partial charge in [-0.3, -0.25) is 0 Å². The van der Waals surface area contributed by atoms with Crippen LogP contribution in [0.3, 0.4) is 0 Å². The Hall–Kier alpha value is -3.09. The van der Waals surface area contributed by atoms with Crippen LogP contribution in [0.15, 0.2) is 31.0 Å². The van der Waals surface area contributed by atoms with Crippen molar-refractivity contribution in [3.8, 4) is 11.1 Å². The van der Waals surface area contributed by atoms with Crippen molar-refractivity contribution in [2.45, 2.75) is 90.4 Å². The Morgan fingerprint density at radius 3 is 2.69 bits per heavy atom. The topological polar surface area (TPSA) is 79.4 Å². The summed E-state index contributed by atoms with van der Waals surface area (Å²) in [5.41, 5.74) is 4.19. The normalized spacial score (nSPS) is 19.4. The van der Waals surface area contributed by atoms with Gasteiger partial charge in [0.05, 0.1) is 0 Å². The van der Waals surface area contributed by atoms with Gasteiger partial charge in [0, 0.05) is 36.9 Å². The molecule has 0 spiro atoms. The van der Waals surface area contributed by atoms with Crippen LogP contribution in [0.1, 0.15) is 77.3 Å². The van der Waals surface area contributed by atoms with Gasteiger partial charge in [-0.1, -0.05) is 38.1 Å². The van der Waals surface area contributed by atoms with Crippen LogP contribution < -0.4 is 15.5 Å². The van der Waals surface area contributed by atoms with Crippen molar-refractivity contribution in [2.75, 3.05) is 16.8 Å². The summed E-state index contributed by atoms with van der Waals surface area (Å²) in [6.45, 7) is 13.5. The van der Waals surface area contributed by atoms with Crippen LogP contribution in [0.25, 0.3) is 17.2 Å². The van der Waals surface area contributed by atoms with Crippen molar-refractivity contribution in [1.29, 1.82) is 0 Å². The van der Waals surface area contributed by atoms with Crippen molar-refractivity contribution >= 4 is 23.9 Å². The molecule has 0 radical (unpaired) electrons. The van der Waals surface area contributed by atoms with E-state index in [4.69, 9.17) is 9.72 Å².